The summed E-state index contributed by atoms with van der Waals surface area (Å²) in [5.41, 5.74) is 3.47. The Bertz CT molecular complexity index is 1210. The van der Waals surface area contributed by atoms with E-state index in [-0.39, 0.29) is 11.8 Å². The van der Waals surface area contributed by atoms with Gasteiger partial charge in [0.2, 0.25) is 5.91 Å². The summed E-state index contributed by atoms with van der Waals surface area (Å²) in [5, 5.41) is 9.55. The number of rotatable bonds is 7. The lowest BCUT2D eigenvalue weighted by Crippen LogP contribution is -2.38. The highest BCUT2D eigenvalue weighted by Crippen LogP contribution is 2.38. The lowest BCUT2D eigenvalue weighted by molar-refractivity contribution is -0.136. The van der Waals surface area contributed by atoms with Crippen LogP contribution in [0.3, 0.4) is 0 Å². The Balaban J connectivity index is 2.00. The monoisotopic (exact) mass is 479 g/mol. The van der Waals surface area contributed by atoms with Crippen molar-refractivity contribution >= 4 is 23.2 Å². The zero-order valence-corrected chi connectivity index (χ0v) is 21.0. The molecule has 7 nitrogen and oxygen atoms in total. The first-order valence-electron chi connectivity index (χ1n) is 11.7. The molecule has 1 amide bonds. The molecule has 0 unspecified atom stereocenters. The Morgan fingerprint density at radius 3 is 2.44 bits per heavy atom. The molecular weight excluding hydrogens is 450 g/mol. The fourth-order valence-corrected chi connectivity index (χ4v) is 4.70. The second kappa shape index (κ2) is 9.97. The summed E-state index contributed by atoms with van der Waals surface area (Å²) in [5.74, 6) is 1.83. The number of aliphatic imine (C=N–C) groups is 1. The Morgan fingerprint density at radius 2 is 1.82 bits per heavy atom. The highest BCUT2D eigenvalue weighted by Gasteiger charge is 2.37. The Kier molecular flexibility index (Phi) is 7.03. The average Bonchev–Trinajstić information content (AvgIpc) is 3.16. The van der Waals surface area contributed by atoms with Crippen LogP contribution in [-0.2, 0) is 4.79 Å². The molecule has 0 N–H and O–H groups in total. The number of halogens is 1. The molecule has 2 aromatic carbocycles. The largest absolute Gasteiger partial charge is 0.497 e. The lowest BCUT2D eigenvalue weighted by Gasteiger charge is -2.28. The van der Waals surface area contributed by atoms with Gasteiger partial charge >= 0.3 is 0 Å². The third-order valence-electron chi connectivity index (χ3n) is 6.41. The highest BCUT2D eigenvalue weighted by molar-refractivity contribution is 6.30. The standard InChI is InChI=1S/C26H30ClN5O2/c1-6-20(26(33)31(7-2)8-3)24-25-30-29-16(4)32(25)22-14-13-19(34-5)15-21(22)23(28-24)17-9-11-18(27)12-10-17/h9-15,20,24H,6-8H2,1-5H3/t20-,24+/m1/s1. The molecule has 2 atom stereocenters. The maximum Gasteiger partial charge on any atom is 0.228 e. The van der Waals surface area contributed by atoms with E-state index in [1.54, 1.807) is 7.11 Å². The van der Waals surface area contributed by atoms with Gasteiger partial charge in [0, 0.05) is 29.2 Å². The molecule has 1 aliphatic rings. The number of benzene rings is 2. The average molecular weight is 480 g/mol. The first kappa shape index (κ1) is 24.0. The minimum absolute atomic E-state index is 0.0763. The van der Waals surface area contributed by atoms with Crippen LogP contribution in [0.4, 0.5) is 0 Å². The number of carbonyl (C=O) groups excluding carboxylic acids is 1. The van der Waals surface area contributed by atoms with E-state index in [1.165, 1.54) is 0 Å². The molecule has 0 spiro atoms. The quantitative estimate of drug-likeness (QED) is 0.476. The third-order valence-corrected chi connectivity index (χ3v) is 6.67. The van der Waals surface area contributed by atoms with Crippen molar-refractivity contribution in [3.63, 3.8) is 0 Å². The van der Waals surface area contributed by atoms with Gasteiger partial charge in [-0.25, -0.2) is 0 Å². The smallest absolute Gasteiger partial charge is 0.228 e. The third kappa shape index (κ3) is 4.20. The second-order valence-electron chi connectivity index (χ2n) is 8.28. The summed E-state index contributed by atoms with van der Waals surface area (Å²) in [6.07, 6.45) is 0.628. The molecule has 1 aliphatic heterocycles. The van der Waals surface area contributed by atoms with E-state index in [0.717, 1.165) is 34.1 Å². The molecule has 0 fully saturated rings. The molecule has 3 aromatic rings. The van der Waals surface area contributed by atoms with Gasteiger partial charge in [0.25, 0.3) is 0 Å². The number of methoxy groups -OCH3 is 1. The molecular formula is C26H30ClN5O2. The molecule has 178 valence electrons. The summed E-state index contributed by atoms with van der Waals surface area (Å²) in [6, 6.07) is 13.0. The van der Waals surface area contributed by atoms with Crippen molar-refractivity contribution < 1.29 is 9.53 Å². The number of aromatic nitrogens is 3. The van der Waals surface area contributed by atoms with Gasteiger partial charge in [-0.15, -0.1) is 10.2 Å². The minimum atomic E-state index is -0.497. The Hall–Kier alpha value is -3.19. The summed E-state index contributed by atoms with van der Waals surface area (Å²) in [6.45, 7) is 9.24. The van der Waals surface area contributed by atoms with Crippen LogP contribution in [0.2, 0.25) is 5.02 Å². The van der Waals surface area contributed by atoms with Gasteiger partial charge in [0.05, 0.1) is 24.4 Å². The maximum absolute atomic E-state index is 13.6. The molecule has 0 saturated carbocycles. The number of aryl methyl sites for hydroxylation is 1. The first-order chi connectivity index (χ1) is 16.4. The van der Waals surface area contributed by atoms with Crippen molar-refractivity contribution in [2.45, 2.75) is 40.2 Å². The molecule has 0 saturated heterocycles. The zero-order chi connectivity index (χ0) is 24.4. The van der Waals surface area contributed by atoms with E-state index in [2.05, 4.69) is 10.2 Å². The zero-order valence-electron chi connectivity index (χ0n) is 20.2. The van der Waals surface area contributed by atoms with E-state index in [1.807, 2.05) is 79.6 Å². The summed E-state index contributed by atoms with van der Waals surface area (Å²) in [7, 11) is 1.64. The van der Waals surface area contributed by atoms with Crippen LogP contribution in [0.1, 0.15) is 56.0 Å². The number of hydrogen-bond acceptors (Lipinski definition) is 5. The van der Waals surface area contributed by atoms with Crippen LogP contribution in [0.5, 0.6) is 5.75 Å². The van der Waals surface area contributed by atoms with Crippen molar-refractivity contribution in [1.29, 1.82) is 0 Å². The number of hydrogen-bond donors (Lipinski definition) is 0. The van der Waals surface area contributed by atoms with Gasteiger partial charge < -0.3 is 9.64 Å². The fourth-order valence-electron chi connectivity index (χ4n) is 4.57. The molecule has 0 bridgehead atoms. The summed E-state index contributed by atoms with van der Waals surface area (Å²) in [4.78, 5) is 20.7. The topological polar surface area (TPSA) is 72.6 Å². The molecule has 4 rings (SSSR count). The van der Waals surface area contributed by atoms with Crippen LogP contribution < -0.4 is 4.74 Å². The van der Waals surface area contributed by atoms with E-state index < -0.39 is 6.04 Å². The Labute approximate surface area is 205 Å². The predicted octanol–water partition coefficient (Wildman–Crippen LogP) is 5.02. The van der Waals surface area contributed by atoms with Crippen molar-refractivity contribution in [2.24, 2.45) is 10.9 Å². The number of amides is 1. The van der Waals surface area contributed by atoms with Gasteiger partial charge in [-0.05, 0) is 57.5 Å². The SMILES string of the molecule is CC[C@@H](C(=O)N(CC)CC)[C@@H]1N=C(c2ccc(Cl)cc2)c2cc(OC)ccc2-n2c(C)nnc21. The lowest BCUT2D eigenvalue weighted by atomic mass is 9.94. The van der Waals surface area contributed by atoms with E-state index in [9.17, 15) is 4.79 Å². The molecule has 1 aromatic heterocycles. The van der Waals surface area contributed by atoms with Crippen molar-refractivity contribution in [1.82, 2.24) is 19.7 Å². The van der Waals surface area contributed by atoms with Crippen LogP contribution in [0.15, 0.2) is 47.5 Å². The second-order valence-corrected chi connectivity index (χ2v) is 8.72. The van der Waals surface area contributed by atoms with Gasteiger partial charge in [-0.3, -0.25) is 14.4 Å². The van der Waals surface area contributed by atoms with Crippen LogP contribution >= 0.6 is 11.6 Å². The van der Waals surface area contributed by atoms with E-state index in [0.29, 0.717) is 30.4 Å². The Morgan fingerprint density at radius 1 is 1.12 bits per heavy atom. The molecule has 0 aliphatic carbocycles. The summed E-state index contributed by atoms with van der Waals surface area (Å²) >= 11 is 6.18. The van der Waals surface area contributed by atoms with Gasteiger partial charge in [-0.1, -0.05) is 30.7 Å². The normalized spacial score (nSPS) is 15.6. The minimum Gasteiger partial charge on any atom is -0.497 e. The molecule has 34 heavy (non-hydrogen) atoms. The van der Waals surface area contributed by atoms with Crippen LogP contribution in [0, 0.1) is 12.8 Å². The summed E-state index contributed by atoms with van der Waals surface area (Å²) < 4.78 is 7.56. The number of fused-ring (bicyclic) bond motifs is 3. The van der Waals surface area contributed by atoms with E-state index >= 15 is 0 Å². The van der Waals surface area contributed by atoms with Crippen molar-refractivity contribution in [3.05, 3.63) is 70.3 Å². The maximum atomic E-state index is 13.6. The first-order valence-corrected chi connectivity index (χ1v) is 12.0. The van der Waals surface area contributed by atoms with Crippen molar-refractivity contribution in [3.8, 4) is 11.4 Å². The van der Waals surface area contributed by atoms with E-state index in [4.69, 9.17) is 21.3 Å². The number of nitrogens with zero attached hydrogens (tertiary/aromatic N) is 5. The van der Waals surface area contributed by atoms with Gasteiger partial charge in [0.1, 0.15) is 17.6 Å². The predicted molar refractivity (Wildman–Crippen MR) is 134 cm³/mol. The molecule has 8 heteroatoms. The highest BCUT2D eigenvalue weighted by atomic mass is 35.5. The molecule has 2 heterocycles. The number of carbonyl (C=O) groups is 1. The fraction of sp³-hybridized carbons (Fsp3) is 0.385. The van der Waals surface area contributed by atoms with Gasteiger partial charge in [-0.2, -0.15) is 0 Å². The van der Waals surface area contributed by atoms with Crippen LogP contribution in [0.25, 0.3) is 5.69 Å². The molecule has 0 radical (unpaired) electrons. The van der Waals surface area contributed by atoms with Crippen LogP contribution in [-0.4, -0.2) is 51.5 Å². The van der Waals surface area contributed by atoms with Gasteiger partial charge in [0.15, 0.2) is 5.82 Å². The number of ether oxygens (including phenoxy) is 1. The van der Waals surface area contributed by atoms with Crippen molar-refractivity contribution in [2.75, 3.05) is 20.2 Å².